The molecular weight excluding hydrogens is 247 g/mol. The number of thioether (sulfide) groups is 1. The molecule has 1 atom stereocenters. The van der Waals surface area contributed by atoms with Crippen molar-refractivity contribution in [2.75, 3.05) is 16.8 Å². The maximum atomic E-state index is 12.2. The zero-order valence-corrected chi connectivity index (χ0v) is 9.18. The second-order valence-electron chi connectivity index (χ2n) is 3.13. The standard InChI is InChI=1S/C7H8F3N3S2/c8-7(9,10)5-12-6(15-13-5)11-4-1-2-14-3-4/h4H,1-3H2,(H,11,12,13). The first kappa shape index (κ1) is 11.0. The number of rotatable bonds is 2. The van der Waals surface area contributed by atoms with E-state index in [-0.39, 0.29) is 11.2 Å². The van der Waals surface area contributed by atoms with Gasteiger partial charge in [0.25, 0.3) is 0 Å². The number of hydrogen-bond donors (Lipinski definition) is 1. The minimum atomic E-state index is -4.44. The van der Waals surface area contributed by atoms with Crippen LogP contribution in [-0.2, 0) is 6.18 Å². The molecule has 0 radical (unpaired) electrons. The SMILES string of the molecule is FC(F)(F)c1nsc(NC2CCSC2)n1. The van der Waals surface area contributed by atoms with Crippen LogP contribution in [0.2, 0.25) is 0 Å². The van der Waals surface area contributed by atoms with E-state index in [0.717, 1.165) is 29.5 Å². The summed E-state index contributed by atoms with van der Waals surface area (Å²) >= 11 is 2.55. The molecule has 0 saturated carbocycles. The van der Waals surface area contributed by atoms with E-state index in [1.54, 1.807) is 11.8 Å². The van der Waals surface area contributed by atoms with Gasteiger partial charge in [-0.3, -0.25) is 0 Å². The lowest BCUT2D eigenvalue weighted by molar-refractivity contribution is -0.144. The Labute approximate surface area is 92.6 Å². The Morgan fingerprint density at radius 2 is 2.20 bits per heavy atom. The van der Waals surface area contributed by atoms with Gasteiger partial charge in [0, 0.05) is 23.3 Å². The molecule has 0 bridgehead atoms. The van der Waals surface area contributed by atoms with Gasteiger partial charge < -0.3 is 5.32 Å². The van der Waals surface area contributed by atoms with Crippen molar-refractivity contribution in [1.29, 1.82) is 0 Å². The van der Waals surface area contributed by atoms with E-state index < -0.39 is 12.0 Å². The molecule has 1 aliphatic heterocycles. The number of aromatic nitrogens is 2. The van der Waals surface area contributed by atoms with Gasteiger partial charge in [0.1, 0.15) is 0 Å². The van der Waals surface area contributed by atoms with Crippen molar-refractivity contribution in [1.82, 2.24) is 9.36 Å². The van der Waals surface area contributed by atoms with Gasteiger partial charge >= 0.3 is 6.18 Å². The van der Waals surface area contributed by atoms with Gasteiger partial charge in [0.15, 0.2) is 0 Å². The average Bonchev–Trinajstić information content (AvgIpc) is 2.73. The molecule has 0 aromatic carbocycles. The van der Waals surface area contributed by atoms with Gasteiger partial charge in [-0.1, -0.05) is 0 Å². The maximum Gasteiger partial charge on any atom is 0.452 e. The number of hydrogen-bond acceptors (Lipinski definition) is 5. The van der Waals surface area contributed by atoms with Gasteiger partial charge in [-0.05, 0) is 12.2 Å². The fraction of sp³-hybridized carbons (Fsp3) is 0.714. The molecule has 2 rings (SSSR count). The fourth-order valence-electron chi connectivity index (χ4n) is 1.22. The third-order valence-electron chi connectivity index (χ3n) is 1.94. The second kappa shape index (κ2) is 4.17. The lowest BCUT2D eigenvalue weighted by Crippen LogP contribution is -2.18. The van der Waals surface area contributed by atoms with Crippen molar-refractivity contribution in [2.24, 2.45) is 0 Å². The highest BCUT2D eigenvalue weighted by molar-refractivity contribution is 7.99. The van der Waals surface area contributed by atoms with Crippen LogP contribution in [0.25, 0.3) is 0 Å². The van der Waals surface area contributed by atoms with Crippen LogP contribution in [0.5, 0.6) is 0 Å². The lowest BCUT2D eigenvalue weighted by atomic mass is 10.3. The van der Waals surface area contributed by atoms with Crippen molar-refractivity contribution in [3.05, 3.63) is 5.82 Å². The summed E-state index contributed by atoms with van der Waals surface area (Å²) in [7, 11) is 0. The Morgan fingerprint density at radius 1 is 1.40 bits per heavy atom. The lowest BCUT2D eigenvalue weighted by Gasteiger charge is -2.08. The van der Waals surface area contributed by atoms with Gasteiger partial charge in [-0.25, -0.2) is 0 Å². The molecule has 0 aliphatic carbocycles. The van der Waals surface area contributed by atoms with Crippen molar-refractivity contribution in [3.8, 4) is 0 Å². The molecule has 2 heterocycles. The first-order chi connectivity index (χ1) is 7.05. The zero-order valence-electron chi connectivity index (χ0n) is 7.54. The Hall–Kier alpha value is -0.500. The summed E-state index contributed by atoms with van der Waals surface area (Å²) in [5, 5.41) is 3.22. The van der Waals surface area contributed by atoms with Crippen LogP contribution in [-0.4, -0.2) is 26.9 Å². The highest BCUT2D eigenvalue weighted by atomic mass is 32.2. The molecule has 0 amide bonds. The molecule has 0 spiro atoms. The molecule has 8 heteroatoms. The number of nitrogens with one attached hydrogen (secondary N) is 1. The minimum absolute atomic E-state index is 0.226. The minimum Gasteiger partial charge on any atom is -0.357 e. The molecular formula is C7H8F3N3S2. The van der Waals surface area contributed by atoms with Gasteiger partial charge in [-0.2, -0.15) is 34.3 Å². The molecule has 1 saturated heterocycles. The van der Waals surface area contributed by atoms with Crippen LogP contribution in [0.1, 0.15) is 12.2 Å². The Bertz CT molecular complexity index is 332. The van der Waals surface area contributed by atoms with E-state index in [1.165, 1.54) is 0 Å². The average molecular weight is 255 g/mol. The first-order valence-corrected chi connectivity index (χ1v) is 6.24. The van der Waals surface area contributed by atoms with E-state index in [0.29, 0.717) is 0 Å². The van der Waals surface area contributed by atoms with E-state index >= 15 is 0 Å². The zero-order chi connectivity index (χ0) is 10.9. The topological polar surface area (TPSA) is 37.8 Å². The molecule has 3 nitrogen and oxygen atoms in total. The normalized spacial score (nSPS) is 21.9. The number of halogens is 3. The first-order valence-electron chi connectivity index (χ1n) is 4.31. The summed E-state index contributed by atoms with van der Waals surface area (Å²) < 4.78 is 39.8. The van der Waals surface area contributed by atoms with Gasteiger partial charge in [0.2, 0.25) is 11.0 Å². The molecule has 1 aromatic heterocycles. The smallest absolute Gasteiger partial charge is 0.357 e. The highest BCUT2D eigenvalue weighted by Gasteiger charge is 2.36. The predicted octanol–water partition coefficient (Wildman–Crippen LogP) is 2.47. The Balaban J connectivity index is 2.00. The van der Waals surface area contributed by atoms with E-state index in [2.05, 4.69) is 14.7 Å². The van der Waals surface area contributed by atoms with Crippen molar-refractivity contribution in [3.63, 3.8) is 0 Å². The van der Waals surface area contributed by atoms with Crippen LogP contribution in [0.4, 0.5) is 18.3 Å². The molecule has 1 aliphatic rings. The summed E-state index contributed by atoms with van der Waals surface area (Å²) in [5.74, 6) is 0.907. The van der Waals surface area contributed by atoms with Crippen LogP contribution >= 0.6 is 23.3 Å². The van der Waals surface area contributed by atoms with Crippen LogP contribution in [0.15, 0.2) is 0 Å². The van der Waals surface area contributed by atoms with Gasteiger partial charge in [0.05, 0.1) is 0 Å². The largest absolute Gasteiger partial charge is 0.452 e. The monoisotopic (exact) mass is 255 g/mol. The molecule has 84 valence electrons. The molecule has 1 N–H and O–H groups in total. The highest BCUT2D eigenvalue weighted by Crippen LogP contribution is 2.30. The van der Waals surface area contributed by atoms with Crippen LogP contribution in [0, 0.1) is 0 Å². The number of alkyl halides is 3. The van der Waals surface area contributed by atoms with Crippen molar-refractivity contribution < 1.29 is 13.2 Å². The summed E-state index contributed by atoms with van der Waals surface area (Å²) in [6.45, 7) is 0. The Kier molecular flexibility index (Phi) is 3.06. The van der Waals surface area contributed by atoms with E-state index in [4.69, 9.17) is 0 Å². The third kappa shape index (κ3) is 2.75. The van der Waals surface area contributed by atoms with Crippen molar-refractivity contribution in [2.45, 2.75) is 18.6 Å². The molecule has 1 unspecified atom stereocenters. The van der Waals surface area contributed by atoms with E-state index in [9.17, 15) is 13.2 Å². The van der Waals surface area contributed by atoms with Gasteiger partial charge in [-0.15, -0.1) is 0 Å². The summed E-state index contributed by atoms with van der Waals surface area (Å²) in [5.41, 5.74) is 0. The number of nitrogens with zero attached hydrogens (tertiary/aromatic N) is 2. The summed E-state index contributed by atoms with van der Waals surface area (Å²) in [4.78, 5) is 3.41. The van der Waals surface area contributed by atoms with Crippen LogP contribution < -0.4 is 5.32 Å². The molecule has 1 aromatic rings. The quantitative estimate of drug-likeness (QED) is 0.881. The van der Waals surface area contributed by atoms with Crippen molar-refractivity contribution >= 4 is 28.4 Å². The fourth-order valence-corrected chi connectivity index (χ4v) is 3.04. The Morgan fingerprint density at radius 3 is 2.73 bits per heavy atom. The molecule has 15 heavy (non-hydrogen) atoms. The second-order valence-corrected chi connectivity index (χ2v) is 5.03. The molecule has 1 fully saturated rings. The van der Waals surface area contributed by atoms with Crippen LogP contribution in [0.3, 0.4) is 0 Å². The maximum absolute atomic E-state index is 12.2. The third-order valence-corrected chi connectivity index (χ3v) is 3.75. The summed E-state index contributed by atoms with van der Waals surface area (Å²) in [6, 6.07) is 0.226. The predicted molar refractivity (Wildman–Crippen MR) is 54.3 cm³/mol. The number of anilines is 1. The van der Waals surface area contributed by atoms with E-state index in [1.807, 2.05) is 0 Å². The summed E-state index contributed by atoms with van der Waals surface area (Å²) in [6.07, 6.45) is -3.48.